The summed E-state index contributed by atoms with van der Waals surface area (Å²) in [4.78, 5) is 23.4. The van der Waals surface area contributed by atoms with Gasteiger partial charge in [0.25, 0.3) is 0 Å². The maximum Gasteiger partial charge on any atom is 0.230 e. The highest BCUT2D eigenvalue weighted by molar-refractivity contribution is 5.93. The predicted octanol–water partition coefficient (Wildman–Crippen LogP) is 0.0961. The zero-order valence-corrected chi connectivity index (χ0v) is 15.7. The van der Waals surface area contributed by atoms with Crippen LogP contribution in [0, 0.1) is 5.82 Å². The van der Waals surface area contributed by atoms with E-state index in [2.05, 4.69) is 5.32 Å². The molecule has 7 nitrogen and oxygen atoms in total. The van der Waals surface area contributed by atoms with E-state index < -0.39 is 23.7 Å². The van der Waals surface area contributed by atoms with Crippen LogP contribution in [-0.2, 0) is 16.0 Å². The molecule has 8 heteroatoms. The second-order valence-corrected chi connectivity index (χ2v) is 6.15. The normalized spacial score (nSPS) is 11.5. The first kappa shape index (κ1) is 21.2. The molecule has 0 spiro atoms. The van der Waals surface area contributed by atoms with Crippen molar-refractivity contribution in [1.29, 1.82) is 0 Å². The molecule has 0 saturated carbocycles. The monoisotopic (exact) mass is 390 g/mol. The summed E-state index contributed by atoms with van der Waals surface area (Å²) in [7, 11) is 3.09. The number of nitrogens with one attached hydrogen (secondary N) is 1. The first-order valence-corrected chi connectivity index (χ1v) is 8.73. The van der Waals surface area contributed by atoms with E-state index in [9.17, 15) is 19.1 Å². The molecule has 0 aromatic heterocycles. The number of aliphatic carboxylic acids is 1. The lowest BCUT2D eigenvalue weighted by molar-refractivity contribution is -0.682. The summed E-state index contributed by atoms with van der Waals surface area (Å²) in [6.45, 7) is 0.432. The van der Waals surface area contributed by atoms with Crippen molar-refractivity contribution in [1.82, 2.24) is 0 Å². The molecule has 0 bridgehead atoms. The van der Waals surface area contributed by atoms with Crippen LogP contribution < -0.4 is 25.2 Å². The molecule has 1 atom stereocenters. The van der Waals surface area contributed by atoms with Gasteiger partial charge < -0.3 is 30.0 Å². The Hall–Kier alpha value is -3.13. The zero-order chi connectivity index (χ0) is 20.5. The smallest absolute Gasteiger partial charge is 0.230 e. The number of quaternary nitrogens is 1. The molecule has 0 aliphatic carbocycles. The molecule has 1 amide bonds. The molecule has 3 N–H and O–H groups in total. The highest BCUT2D eigenvalue weighted by Gasteiger charge is 2.18. The molecule has 28 heavy (non-hydrogen) atoms. The molecule has 0 saturated heterocycles. The van der Waals surface area contributed by atoms with Gasteiger partial charge in [0.1, 0.15) is 11.9 Å². The molecule has 0 radical (unpaired) electrons. The van der Waals surface area contributed by atoms with Crippen LogP contribution in [0.5, 0.6) is 11.5 Å². The minimum absolute atomic E-state index is 0.271. The molecule has 0 aliphatic heterocycles. The van der Waals surface area contributed by atoms with Gasteiger partial charge in [0, 0.05) is 12.1 Å². The molecular formula is C20H23FN2O5. The number of hydrogen-bond acceptors (Lipinski definition) is 5. The summed E-state index contributed by atoms with van der Waals surface area (Å²) in [6, 6.07) is 9.79. The largest absolute Gasteiger partial charge is 0.544 e. The minimum atomic E-state index is -1.33. The molecule has 0 fully saturated rings. The quantitative estimate of drug-likeness (QED) is 0.599. The second kappa shape index (κ2) is 10.3. The first-order valence-electron chi connectivity index (χ1n) is 8.73. The Bertz CT molecular complexity index is 828. The Kier molecular flexibility index (Phi) is 7.76. The number of amides is 1. The predicted molar refractivity (Wildman–Crippen MR) is 98.5 cm³/mol. The lowest BCUT2D eigenvalue weighted by atomic mass is 10.1. The van der Waals surface area contributed by atoms with E-state index in [1.807, 2.05) is 12.1 Å². The van der Waals surface area contributed by atoms with Crippen LogP contribution in [0.25, 0.3) is 0 Å². The number of methoxy groups -OCH3 is 2. The number of anilines is 1. The fraction of sp³-hybridized carbons (Fsp3) is 0.300. The van der Waals surface area contributed by atoms with Gasteiger partial charge in [0.15, 0.2) is 11.5 Å². The van der Waals surface area contributed by atoms with Gasteiger partial charge in [0.05, 0.1) is 33.2 Å². The molecule has 2 rings (SSSR count). The maximum atomic E-state index is 13.2. The molecule has 0 aliphatic rings. The number of halogens is 1. The van der Waals surface area contributed by atoms with Crippen molar-refractivity contribution in [2.75, 3.05) is 26.1 Å². The standard InChI is InChI=1S/C20H23FN2O5/c1-27-17-7-6-13(10-18(17)28-2)8-9-22-16(20(25)26)12-19(24)23-15-5-3-4-14(21)11-15/h3-7,10-11,16,22H,8-9,12H2,1-2H3,(H,23,24)(H,25,26)/t16-/m1/s1. The topological polar surface area (TPSA) is 104 Å². The third kappa shape index (κ3) is 6.24. The molecule has 0 heterocycles. The van der Waals surface area contributed by atoms with Crippen molar-refractivity contribution >= 4 is 17.6 Å². The number of benzene rings is 2. The van der Waals surface area contributed by atoms with Crippen molar-refractivity contribution in [2.24, 2.45) is 0 Å². The summed E-state index contributed by atoms with van der Waals surface area (Å²) < 4.78 is 23.6. The van der Waals surface area contributed by atoms with E-state index in [0.717, 1.165) is 11.6 Å². The molecule has 150 valence electrons. The van der Waals surface area contributed by atoms with Crippen molar-refractivity contribution in [3.8, 4) is 11.5 Å². The van der Waals surface area contributed by atoms with Gasteiger partial charge >= 0.3 is 0 Å². The van der Waals surface area contributed by atoms with Crippen LogP contribution in [0.3, 0.4) is 0 Å². The van der Waals surface area contributed by atoms with Crippen molar-refractivity contribution in [2.45, 2.75) is 18.9 Å². The lowest BCUT2D eigenvalue weighted by Crippen LogP contribution is -2.93. The van der Waals surface area contributed by atoms with Gasteiger partial charge in [-0.3, -0.25) is 4.79 Å². The number of ether oxygens (including phenoxy) is 2. The fourth-order valence-electron chi connectivity index (χ4n) is 2.73. The average molecular weight is 390 g/mol. The van der Waals surface area contributed by atoms with E-state index in [1.165, 1.54) is 30.6 Å². The van der Waals surface area contributed by atoms with Crippen molar-refractivity contribution < 1.29 is 33.9 Å². The Morgan fingerprint density at radius 2 is 1.89 bits per heavy atom. The van der Waals surface area contributed by atoms with Gasteiger partial charge in [0.2, 0.25) is 5.91 Å². The van der Waals surface area contributed by atoms with Crippen LogP contribution >= 0.6 is 0 Å². The Morgan fingerprint density at radius 1 is 1.14 bits per heavy atom. The van der Waals surface area contributed by atoms with Crippen LogP contribution in [0.2, 0.25) is 0 Å². The third-order valence-electron chi connectivity index (χ3n) is 4.15. The molecule has 2 aromatic carbocycles. The zero-order valence-electron chi connectivity index (χ0n) is 15.7. The SMILES string of the molecule is COc1ccc(CC[NH2+][C@H](CC(=O)Nc2cccc(F)c2)C(=O)[O-])cc1OC. The van der Waals surface area contributed by atoms with Crippen molar-refractivity contribution in [3.63, 3.8) is 0 Å². The van der Waals surface area contributed by atoms with Gasteiger partial charge in [-0.05, 0) is 35.9 Å². The summed E-state index contributed by atoms with van der Waals surface area (Å²) in [5, 5.41) is 15.4. The summed E-state index contributed by atoms with van der Waals surface area (Å²) >= 11 is 0. The van der Waals surface area contributed by atoms with Gasteiger partial charge in [-0.2, -0.15) is 0 Å². The van der Waals surface area contributed by atoms with E-state index in [0.29, 0.717) is 24.5 Å². The Labute approximate surface area is 162 Å². The number of carboxylic acid groups (broad SMARTS) is 1. The number of carbonyl (C=O) groups excluding carboxylic acids is 2. The highest BCUT2D eigenvalue weighted by Crippen LogP contribution is 2.27. The average Bonchev–Trinajstić information content (AvgIpc) is 2.66. The fourth-order valence-corrected chi connectivity index (χ4v) is 2.73. The van der Waals surface area contributed by atoms with E-state index >= 15 is 0 Å². The summed E-state index contributed by atoms with van der Waals surface area (Å²) in [5.41, 5.74) is 1.21. The number of hydrogen-bond donors (Lipinski definition) is 2. The highest BCUT2D eigenvalue weighted by atomic mass is 19.1. The molecular weight excluding hydrogens is 367 g/mol. The van der Waals surface area contributed by atoms with Gasteiger partial charge in [-0.15, -0.1) is 0 Å². The molecule has 2 aromatic rings. The number of rotatable bonds is 10. The molecule has 0 unspecified atom stereocenters. The summed E-state index contributed by atoms with van der Waals surface area (Å²) in [5.74, 6) is -1.15. The number of carbonyl (C=O) groups is 2. The van der Waals surface area contributed by atoms with Crippen LogP contribution in [0.15, 0.2) is 42.5 Å². The Morgan fingerprint density at radius 3 is 2.54 bits per heavy atom. The van der Waals surface area contributed by atoms with Crippen LogP contribution in [0.4, 0.5) is 10.1 Å². The van der Waals surface area contributed by atoms with Gasteiger partial charge in [-0.25, -0.2) is 4.39 Å². The summed E-state index contributed by atoms with van der Waals surface area (Å²) in [6.07, 6.45) is 0.278. The third-order valence-corrected chi connectivity index (χ3v) is 4.15. The van der Waals surface area contributed by atoms with E-state index in [-0.39, 0.29) is 12.1 Å². The lowest BCUT2D eigenvalue weighted by Gasteiger charge is -2.16. The van der Waals surface area contributed by atoms with Crippen LogP contribution in [0.1, 0.15) is 12.0 Å². The van der Waals surface area contributed by atoms with E-state index in [1.54, 1.807) is 13.2 Å². The minimum Gasteiger partial charge on any atom is -0.544 e. The second-order valence-electron chi connectivity index (χ2n) is 6.15. The first-order chi connectivity index (χ1) is 13.4. The van der Waals surface area contributed by atoms with Crippen LogP contribution in [-0.4, -0.2) is 38.7 Å². The number of nitrogens with two attached hydrogens (primary N) is 1. The Balaban J connectivity index is 1.89. The maximum absolute atomic E-state index is 13.2. The number of carboxylic acids is 1. The van der Waals surface area contributed by atoms with E-state index in [4.69, 9.17) is 9.47 Å². The van der Waals surface area contributed by atoms with Crippen molar-refractivity contribution in [3.05, 3.63) is 53.8 Å². The van der Waals surface area contributed by atoms with Gasteiger partial charge in [-0.1, -0.05) is 12.1 Å².